The Bertz CT molecular complexity index is 958. The summed E-state index contributed by atoms with van der Waals surface area (Å²) in [6.45, 7) is 4.79. The molecule has 1 saturated heterocycles. The summed E-state index contributed by atoms with van der Waals surface area (Å²) in [5, 5.41) is 22.0. The van der Waals surface area contributed by atoms with Gasteiger partial charge in [0.05, 0.1) is 17.2 Å². The third-order valence-corrected chi connectivity index (χ3v) is 5.36. The Kier molecular flexibility index (Phi) is 6.00. The number of carbonyl (C=O) groups excluding carboxylic acids is 2. The maximum atomic E-state index is 13.0. The number of carbonyl (C=O) groups is 2. The van der Waals surface area contributed by atoms with Crippen molar-refractivity contribution in [3.63, 3.8) is 0 Å². The van der Waals surface area contributed by atoms with Crippen molar-refractivity contribution in [1.29, 1.82) is 5.26 Å². The molecule has 1 heterocycles. The fourth-order valence-corrected chi connectivity index (χ4v) is 3.43. The Morgan fingerprint density at radius 3 is 2.48 bits per heavy atom. The van der Waals surface area contributed by atoms with E-state index in [1.165, 1.54) is 0 Å². The van der Waals surface area contributed by atoms with E-state index in [2.05, 4.69) is 5.32 Å². The number of rotatable bonds is 3. The Morgan fingerprint density at radius 1 is 1.10 bits per heavy atom. The Labute approximate surface area is 170 Å². The molecule has 2 N–H and O–H groups in total. The first-order chi connectivity index (χ1) is 13.8. The summed E-state index contributed by atoms with van der Waals surface area (Å²) in [4.78, 5) is 27.3. The molecule has 150 valence electrons. The average molecular weight is 391 g/mol. The summed E-state index contributed by atoms with van der Waals surface area (Å²) in [5.41, 5.74) is 2.13. The molecular weight excluding hydrogens is 366 g/mol. The highest BCUT2D eigenvalue weighted by atomic mass is 16.3. The summed E-state index contributed by atoms with van der Waals surface area (Å²) in [6, 6.07) is 13.7. The summed E-state index contributed by atoms with van der Waals surface area (Å²) in [6.07, 6.45) is 1.98. The van der Waals surface area contributed by atoms with E-state index < -0.39 is 5.60 Å². The van der Waals surface area contributed by atoms with E-state index in [1.54, 1.807) is 41.3 Å². The third kappa shape index (κ3) is 5.01. The first-order valence-corrected chi connectivity index (χ1v) is 9.73. The van der Waals surface area contributed by atoms with Crippen LogP contribution in [0.5, 0.6) is 0 Å². The molecule has 2 amide bonds. The quantitative estimate of drug-likeness (QED) is 0.837. The van der Waals surface area contributed by atoms with Crippen molar-refractivity contribution < 1.29 is 14.7 Å². The van der Waals surface area contributed by atoms with Crippen LogP contribution in [0.3, 0.4) is 0 Å². The lowest BCUT2D eigenvalue weighted by Crippen LogP contribution is -2.33. The maximum Gasteiger partial charge on any atom is 0.255 e. The van der Waals surface area contributed by atoms with Gasteiger partial charge in [0.15, 0.2) is 0 Å². The minimum atomic E-state index is -0.734. The van der Waals surface area contributed by atoms with E-state index in [4.69, 9.17) is 5.26 Å². The van der Waals surface area contributed by atoms with Crippen LogP contribution in [0, 0.1) is 18.3 Å². The number of anilines is 1. The zero-order valence-electron chi connectivity index (χ0n) is 16.7. The van der Waals surface area contributed by atoms with Crippen LogP contribution in [0.4, 0.5) is 5.69 Å². The first-order valence-electron chi connectivity index (χ1n) is 9.73. The number of nitrogens with zero attached hydrogens (tertiary/aromatic N) is 2. The molecule has 1 aliphatic heterocycles. The van der Waals surface area contributed by atoms with Crippen LogP contribution >= 0.6 is 0 Å². The minimum absolute atomic E-state index is 0.100. The molecule has 29 heavy (non-hydrogen) atoms. The van der Waals surface area contributed by atoms with Gasteiger partial charge in [-0.25, -0.2) is 0 Å². The molecule has 2 aromatic carbocycles. The molecule has 0 radical (unpaired) electrons. The third-order valence-electron chi connectivity index (χ3n) is 5.36. The van der Waals surface area contributed by atoms with Crippen LogP contribution in [0.1, 0.15) is 58.0 Å². The van der Waals surface area contributed by atoms with Gasteiger partial charge >= 0.3 is 0 Å². The second kappa shape index (κ2) is 8.46. The summed E-state index contributed by atoms with van der Waals surface area (Å²) in [5.74, 6) is -0.399. The van der Waals surface area contributed by atoms with Gasteiger partial charge in [-0.15, -0.1) is 0 Å². The van der Waals surface area contributed by atoms with Gasteiger partial charge in [-0.2, -0.15) is 5.26 Å². The predicted molar refractivity (Wildman–Crippen MR) is 111 cm³/mol. The van der Waals surface area contributed by atoms with Crippen LogP contribution in [-0.4, -0.2) is 40.5 Å². The van der Waals surface area contributed by atoms with Crippen LogP contribution < -0.4 is 5.32 Å². The number of aryl methyl sites for hydroxylation is 1. The average Bonchev–Trinajstić information content (AvgIpc) is 2.89. The largest absolute Gasteiger partial charge is 0.390 e. The maximum absolute atomic E-state index is 13.0. The van der Waals surface area contributed by atoms with Gasteiger partial charge < -0.3 is 15.3 Å². The highest BCUT2D eigenvalue weighted by molar-refractivity contribution is 6.05. The Balaban J connectivity index is 1.76. The van der Waals surface area contributed by atoms with Crippen molar-refractivity contribution in [2.24, 2.45) is 0 Å². The number of benzene rings is 2. The Morgan fingerprint density at radius 2 is 1.79 bits per heavy atom. The van der Waals surface area contributed by atoms with E-state index in [1.807, 2.05) is 26.0 Å². The van der Waals surface area contributed by atoms with Crippen LogP contribution in [0.15, 0.2) is 42.5 Å². The smallest absolute Gasteiger partial charge is 0.255 e. The molecule has 0 aromatic heterocycles. The topological polar surface area (TPSA) is 93.4 Å². The highest BCUT2D eigenvalue weighted by Gasteiger charge is 2.27. The highest BCUT2D eigenvalue weighted by Crippen LogP contribution is 2.24. The van der Waals surface area contributed by atoms with E-state index >= 15 is 0 Å². The standard InChI is InChI=1S/C23H25N3O3/c1-16-4-7-19(22(28)26-12-3-10-23(2,29)11-13-26)14-20(16)25-21(27)18-8-5-17(15-24)6-9-18/h4-9,14,29H,3,10-13H2,1-2H3,(H,25,27). The monoisotopic (exact) mass is 391 g/mol. The van der Waals surface area contributed by atoms with Gasteiger partial charge in [0, 0.05) is 29.9 Å². The van der Waals surface area contributed by atoms with Gasteiger partial charge in [-0.3, -0.25) is 9.59 Å². The molecule has 2 aromatic rings. The van der Waals surface area contributed by atoms with Crippen molar-refractivity contribution >= 4 is 17.5 Å². The molecule has 0 bridgehead atoms. The fourth-order valence-electron chi connectivity index (χ4n) is 3.43. The number of hydrogen-bond donors (Lipinski definition) is 2. The van der Waals surface area contributed by atoms with E-state index in [9.17, 15) is 14.7 Å². The van der Waals surface area contributed by atoms with Crippen LogP contribution in [-0.2, 0) is 0 Å². The number of aliphatic hydroxyl groups is 1. The fraction of sp³-hybridized carbons (Fsp3) is 0.348. The van der Waals surface area contributed by atoms with Crippen molar-refractivity contribution in [2.45, 2.75) is 38.7 Å². The normalized spacial score (nSPS) is 19.2. The molecule has 0 saturated carbocycles. The van der Waals surface area contributed by atoms with Gasteiger partial charge in [0.1, 0.15) is 0 Å². The lowest BCUT2D eigenvalue weighted by molar-refractivity contribution is 0.0437. The van der Waals surface area contributed by atoms with Gasteiger partial charge in [0.2, 0.25) is 0 Å². The van der Waals surface area contributed by atoms with Crippen molar-refractivity contribution in [2.75, 3.05) is 18.4 Å². The van der Waals surface area contributed by atoms with Gasteiger partial charge in [-0.1, -0.05) is 6.07 Å². The molecule has 6 nitrogen and oxygen atoms in total. The SMILES string of the molecule is Cc1ccc(C(=O)N2CCCC(C)(O)CC2)cc1NC(=O)c1ccc(C#N)cc1. The summed E-state index contributed by atoms with van der Waals surface area (Å²) >= 11 is 0. The number of amides is 2. The zero-order valence-corrected chi connectivity index (χ0v) is 16.7. The summed E-state index contributed by atoms with van der Waals surface area (Å²) < 4.78 is 0. The van der Waals surface area contributed by atoms with Crippen molar-refractivity contribution in [1.82, 2.24) is 4.90 Å². The van der Waals surface area contributed by atoms with Crippen molar-refractivity contribution in [3.8, 4) is 6.07 Å². The second-order valence-corrected chi connectivity index (χ2v) is 7.82. The molecule has 1 aliphatic rings. The second-order valence-electron chi connectivity index (χ2n) is 7.82. The van der Waals surface area contributed by atoms with Gasteiger partial charge in [-0.05, 0) is 75.1 Å². The molecule has 0 aliphatic carbocycles. The van der Waals surface area contributed by atoms with E-state index in [0.29, 0.717) is 48.3 Å². The lowest BCUT2D eigenvalue weighted by atomic mass is 9.98. The number of nitrogens with one attached hydrogen (secondary N) is 1. The Hall–Kier alpha value is -3.17. The van der Waals surface area contributed by atoms with E-state index in [-0.39, 0.29) is 11.8 Å². The number of nitriles is 1. The molecule has 1 fully saturated rings. The molecule has 3 rings (SSSR count). The van der Waals surface area contributed by atoms with Crippen LogP contribution in [0.25, 0.3) is 0 Å². The molecule has 1 unspecified atom stereocenters. The summed E-state index contributed by atoms with van der Waals surface area (Å²) in [7, 11) is 0. The molecule has 0 spiro atoms. The predicted octanol–water partition coefficient (Wildman–Crippen LogP) is 3.50. The molecular formula is C23H25N3O3. The van der Waals surface area contributed by atoms with E-state index in [0.717, 1.165) is 12.0 Å². The minimum Gasteiger partial charge on any atom is -0.390 e. The number of likely N-dealkylation sites (tertiary alicyclic amines) is 1. The number of hydrogen-bond acceptors (Lipinski definition) is 4. The molecule has 6 heteroatoms. The van der Waals surface area contributed by atoms with Gasteiger partial charge in [0.25, 0.3) is 11.8 Å². The first kappa shape index (κ1) is 20.6. The van der Waals surface area contributed by atoms with Crippen LogP contribution in [0.2, 0.25) is 0 Å². The zero-order chi connectivity index (χ0) is 21.0. The van der Waals surface area contributed by atoms with Crippen molar-refractivity contribution in [3.05, 3.63) is 64.7 Å². The molecule has 1 atom stereocenters. The lowest BCUT2D eigenvalue weighted by Gasteiger charge is -2.23.